The van der Waals surface area contributed by atoms with E-state index in [2.05, 4.69) is 4.98 Å². The lowest BCUT2D eigenvalue weighted by Crippen LogP contribution is -2.20. The van der Waals surface area contributed by atoms with Crippen LogP contribution in [0.1, 0.15) is 34.7 Å². The van der Waals surface area contributed by atoms with Crippen molar-refractivity contribution in [2.75, 3.05) is 0 Å². The van der Waals surface area contributed by atoms with Gasteiger partial charge in [0.15, 0.2) is 5.16 Å². The molecule has 1 aliphatic carbocycles. The zero-order chi connectivity index (χ0) is 19.3. The number of aryl methyl sites for hydroxylation is 3. The molecule has 0 unspecified atom stereocenters. The molecule has 0 N–H and O–H groups in total. The van der Waals surface area contributed by atoms with Gasteiger partial charge in [0.05, 0.1) is 27.8 Å². The molecule has 0 fully saturated rings. The molecule has 5 nitrogen and oxygen atoms in total. The van der Waals surface area contributed by atoms with Crippen LogP contribution in [-0.2, 0) is 25.6 Å². The number of rotatable bonds is 3. The first-order chi connectivity index (χ1) is 13.6. The summed E-state index contributed by atoms with van der Waals surface area (Å²) in [5, 5.41) is 1.58. The van der Waals surface area contributed by atoms with Gasteiger partial charge in [-0.1, -0.05) is 23.9 Å². The molecule has 4 aromatic rings. The van der Waals surface area contributed by atoms with Crippen molar-refractivity contribution in [1.29, 1.82) is 0 Å². The Morgan fingerprint density at radius 2 is 1.86 bits per heavy atom. The number of para-hydroxylation sites is 2. The van der Waals surface area contributed by atoms with Gasteiger partial charge in [0.2, 0.25) is 0 Å². The van der Waals surface area contributed by atoms with Crippen LogP contribution in [0.2, 0.25) is 0 Å². The van der Waals surface area contributed by atoms with Crippen LogP contribution in [0.15, 0.2) is 34.2 Å². The first-order valence-corrected chi connectivity index (χ1v) is 11.3. The van der Waals surface area contributed by atoms with E-state index in [0.29, 0.717) is 5.75 Å². The van der Waals surface area contributed by atoms with E-state index in [1.165, 1.54) is 23.3 Å². The molecule has 3 aromatic heterocycles. The van der Waals surface area contributed by atoms with E-state index in [4.69, 9.17) is 9.97 Å². The van der Waals surface area contributed by atoms with Gasteiger partial charge in [0.1, 0.15) is 4.83 Å². The zero-order valence-corrected chi connectivity index (χ0v) is 17.5. The minimum Gasteiger partial charge on any atom is -0.290 e. The van der Waals surface area contributed by atoms with Gasteiger partial charge < -0.3 is 0 Å². The largest absolute Gasteiger partial charge is 0.290 e. The maximum atomic E-state index is 13.0. The summed E-state index contributed by atoms with van der Waals surface area (Å²) in [4.78, 5) is 29.5. The van der Waals surface area contributed by atoms with Crippen molar-refractivity contribution in [1.82, 2.24) is 19.5 Å². The maximum Gasteiger partial charge on any atom is 0.262 e. The third kappa shape index (κ3) is 2.93. The quantitative estimate of drug-likeness (QED) is 0.371. The van der Waals surface area contributed by atoms with Crippen LogP contribution in [0, 0.1) is 6.92 Å². The lowest BCUT2D eigenvalue weighted by Gasteiger charge is -2.11. The number of benzene rings is 1. The molecule has 0 radical (unpaired) electrons. The Morgan fingerprint density at radius 1 is 1.11 bits per heavy atom. The van der Waals surface area contributed by atoms with Crippen LogP contribution < -0.4 is 5.56 Å². The lowest BCUT2D eigenvalue weighted by molar-refractivity contribution is 0.695. The fourth-order valence-corrected chi connectivity index (χ4v) is 6.07. The molecule has 142 valence electrons. The highest BCUT2D eigenvalue weighted by molar-refractivity contribution is 7.98. The number of aromatic nitrogens is 4. The standard InChI is InChI=1S/C21H20N4OS2/c1-12-16(23-15-9-5-4-8-14(15)22-12)11-27-21-24-19-18(20(26)25(21)2)13-7-3-6-10-17(13)28-19/h4-5,8-9H,3,6-7,10-11H2,1-2H3. The summed E-state index contributed by atoms with van der Waals surface area (Å²) >= 11 is 3.25. The number of hydrogen-bond acceptors (Lipinski definition) is 6. The third-order valence-corrected chi connectivity index (χ3v) is 7.56. The van der Waals surface area contributed by atoms with E-state index in [-0.39, 0.29) is 5.56 Å². The van der Waals surface area contributed by atoms with E-state index in [0.717, 1.165) is 50.6 Å². The van der Waals surface area contributed by atoms with Crippen molar-refractivity contribution < 1.29 is 0 Å². The fraction of sp³-hybridized carbons (Fsp3) is 0.333. The summed E-state index contributed by atoms with van der Waals surface area (Å²) in [5.41, 5.74) is 4.98. The third-order valence-electron chi connectivity index (χ3n) is 5.34. The fourth-order valence-electron chi connectivity index (χ4n) is 3.79. The maximum absolute atomic E-state index is 13.0. The molecule has 0 saturated carbocycles. The van der Waals surface area contributed by atoms with E-state index in [1.54, 1.807) is 27.7 Å². The molecule has 1 aliphatic rings. The summed E-state index contributed by atoms with van der Waals surface area (Å²) in [6.07, 6.45) is 4.46. The highest BCUT2D eigenvalue weighted by Crippen LogP contribution is 2.34. The molecular weight excluding hydrogens is 388 g/mol. The van der Waals surface area contributed by atoms with E-state index < -0.39 is 0 Å². The van der Waals surface area contributed by atoms with Crippen molar-refractivity contribution in [3.8, 4) is 0 Å². The van der Waals surface area contributed by atoms with Gasteiger partial charge >= 0.3 is 0 Å². The van der Waals surface area contributed by atoms with Crippen molar-refractivity contribution in [2.45, 2.75) is 43.5 Å². The second-order valence-corrected chi connectivity index (χ2v) is 9.21. The molecule has 1 aromatic carbocycles. The van der Waals surface area contributed by atoms with Crippen LogP contribution in [0.4, 0.5) is 0 Å². The van der Waals surface area contributed by atoms with Crippen molar-refractivity contribution in [3.05, 3.63) is 56.4 Å². The predicted octanol–water partition coefficient (Wildman–Crippen LogP) is 4.42. The summed E-state index contributed by atoms with van der Waals surface area (Å²) < 4.78 is 1.69. The predicted molar refractivity (Wildman–Crippen MR) is 115 cm³/mol. The van der Waals surface area contributed by atoms with Gasteiger partial charge in [-0.3, -0.25) is 9.36 Å². The molecule has 0 saturated heterocycles. The second-order valence-electron chi connectivity index (χ2n) is 7.18. The molecule has 28 heavy (non-hydrogen) atoms. The molecule has 0 bridgehead atoms. The Balaban J connectivity index is 1.51. The van der Waals surface area contributed by atoms with Crippen LogP contribution in [0.3, 0.4) is 0 Å². The van der Waals surface area contributed by atoms with E-state index in [9.17, 15) is 4.79 Å². The average molecular weight is 409 g/mol. The molecule has 0 amide bonds. The number of thiophene rings is 1. The van der Waals surface area contributed by atoms with Crippen LogP contribution in [0.25, 0.3) is 21.3 Å². The normalized spacial score (nSPS) is 13.9. The molecule has 0 atom stereocenters. The van der Waals surface area contributed by atoms with E-state index in [1.807, 2.05) is 38.2 Å². The first-order valence-electron chi connectivity index (χ1n) is 9.48. The second kappa shape index (κ2) is 6.97. The molecule has 3 heterocycles. The Labute approximate surface area is 170 Å². The molecule has 0 spiro atoms. The molecule has 7 heteroatoms. The number of nitrogens with zero attached hydrogens (tertiary/aromatic N) is 4. The highest BCUT2D eigenvalue weighted by atomic mass is 32.2. The Bertz CT molecular complexity index is 1280. The molecule has 0 aliphatic heterocycles. The lowest BCUT2D eigenvalue weighted by atomic mass is 9.97. The van der Waals surface area contributed by atoms with E-state index >= 15 is 0 Å². The van der Waals surface area contributed by atoms with Crippen molar-refractivity contribution in [2.24, 2.45) is 7.05 Å². The highest BCUT2D eigenvalue weighted by Gasteiger charge is 2.21. The van der Waals surface area contributed by atoms with Crippen LogP contribution in [-0.4, -0.2) is 19.5 Å². The van der Waals surface area contributed by atoms with Crippen molar-refractivity contribution in [3.63, 3.8) is 0 Å². The average Bonchev–Trinajstić information content (AvgIpc) is 3.08. The summed E-state index contributed by atoms with van der Waals surface area (Å²) in [7, 11) is 1.82. The van der Waals surface area contributed by atoms with Gasteiger partial charge in [-0.25, -0.2) is 15.0 Å². The van der Waals surface area contributed by atoms with Gasteiger partial charge in [0.25, 0.3) is 5.56 Å². The van der Waals surface area contributed by atoms with Gasteiger partial charge in [0, 0.05) is 17.7 Å². The summed E-state index contributed by atoms with van der Waals surface area (Å²) in [5.74, 6) is 0.639. The SMILES string of the molecule is Cc1nc2ccccc2nc1CSc1nc2sc3c(c2c(=O)n1C)CCCC3. The number of fused-ring (bicyclic) bond motifs is 4. The Kier molecular flexibility index (Phi) is 4.44. The number of hydrogen-bond donors (Lipinski definition) is 0. The van der Waals surface area contributed by atoms with Crippen LogP contribution >= 0.6 is 23.1 Å². The van der Waals surface area contributed by atoms with Gasteiger partial charge in [-0.05, 0) is 50.3 Å². The Morgan fingerprint density at radius 3 is 2.68 bits per heavy atom. The van der Waals surface area contributed by atoms with Crippen molar-refractivity contribution >= 4 is 44.3 Å². The molecule has 5 rings (SSSR count). The summed E-state index contributed by atoms with van der Waals surface area (Å²) in [6, 6.07) is 7.90. The minimum atomic E-state index is 0.0771. The Hall–Kier alpha value is -2.25. The first kappa shape index (κ1) is 17.8. The smallest absolute Gasteiger partial charge is 0.262 e. The zero-order valence-electron chi connectivity index (χ0n) is 15.9. The monoisotopic (exact) mass is 408 g/mol. The molecular formula is C21H20N4OS2. The van der Waals surface area contributed by atoms with Gasteiger partial charge in [-0.15, -0.1) is 11.3 Å². The van der Waals surface area contributed by atoms with Crippen LogP contribution in [0.5, 0.6) is 0 Å². The minimum absolute atomic E-state index is 0.0771. The van der Waals surface area contributed by atoms with Gasteiger partial charge in [-0.2, -0.15) is 0 Å². The number of thioether (sulfide) groups is 1. The topological polar surface area (TPSA) is 60.7 Å². The summed E-state index contributed by atoms with van der Waals surface area (Å²) in [6.45, 7) is 1.98.